The molecule has 0 amide bonds. The third kappa shape index (κ3) is 3.44. The van der Waals surface area contributed by atoms with E-state index in [-0.39, 0.29) is 0 Å². The maximum atomic E-state index is 6.13. The second kappa shape index (κ2) is 6.53. The first-order chi connectivity index (χ1) is 9.22. The van der Waals surface area contributed by atoms with Crippen molar-refractivity contribution in [2.45, 2.75) is 24.5 Å². The Balaban J connectivity index is 2.12. The molecule has 0 fully saturated rings. The summed E-state index contributed by atoms with van der Waals surface area (Å²) in [4.78, 5) is 1.08. The molecule has 0 aliphatic carbocycles. The molecule has 0 heterocycles. The molecule has 19 heavy (non-hydrogen) atoms. The number of anilines is 1. The highest BCUT2D eigenvalue weighted by Gasteiger charge is 2.07. The number of hydrogen-bond donors (Lipinski definition) is 1. The van der Waals surface area contributed by atoms with Crippen LogP contribution in [0.3, 0.4) is 0 Å². The second-order valence-corrected chi connectivity index (χ2v) is 5.33. The fraction of sp³-hybridized carbons (Fsp3) is 0.250. The van der Waals surface area contributed by atoms with Crippen molar-refractivity contribution in [1.29, 1.82) is 0 Å². The van der Waals surface area contributed by atoms with E-state index in [1.54, 1.807) is 11.8 Å². The molecule has 2 nitrogen and oxygen atoms in total. The van der Waals surface area contributed by atoms with Crippen LogP contribution in [0.1, 0.15) is 18.1 Å². The van der Waals surface area contributed by atoms with E-state index in [1.807, 2.05) is 25.1 Å². The van der Waals surface area contributed by atoms with Gasteiger partial charge in [-0.15, -0.1) is 11.8 Å². The summed E-state index contributed by atoms with van der Waals surface area (Å²) in [6.07, 6.45) is 0. The van der Waals surface area contributed by atoms with Gasteiger partial charge in [-0.1, -0.05) is 30.3 Å². The first-order valence-corrected chi connectivity index (χ1v) is 7.39. The lowest BCUT2D eigenvalue weighted by atomic mass is 10.1. The number of hydrogen-bond acceptors (Lipinski definition) is 3. The Hall–Kier alpha value is -1.61. The van der Waals surface area contributed by atoms with Crippen LogP contribution in [0.4, 0.5) is 5.69 Å². The van der Waals surface area contributed by atoms with Crippen molar-refractivity contribution in [3.05, 3.63) is 53.6 Å². The average molecular weight is 273 g/mol. The topological polar surface area (TPSA) is 35.2 Å². The van der Waals surface area contributed by atoms with Gasteiger partial charge in [-0.05, 0) is 37.1 Å². The third-order valence-electron chi connectivity index (χ3n) is 2.97. The summed E-state index contributed by atoms with van der Waals surface area (Å²) in [5.41, 5.74) is 9.52. The van der Waals surface area contributed by atoms with E-state index in [0.29, 0.717) is 6.61 Å². The first-order valence-electron chi connectivity index (χ1n) is 6.41. The number of benzene rings is 2. The predicted molar refractivity (Wildman–Crippen MR) is 82.8 cm³/mol. The fourth-order valence-corrected chi connectivity index (χ4v) is 2.92. The van der Waals surface area contributed by atoms with Crippen LogP contribution >= 0.6 is 11.8 Å². The Morgan fingerprint density at radius 2 is 1.89 bits per heavy atom. The fourth-order valence-electron chi connectivity index (χ4n) is 1.86. The minimum Gasteiger partial charge on any atom is -0.492 e. The summed E-state index contributed by atoms with van der Waals surface area (Å²) in [7, 11) is 0. The molecule has 0 aliphatic rings. The molecular weight excluding hydrogens is 254 g/mol. The van der Waals surface area contributed by atoms with E-state index in [1.165, 1.54) is 11.1 Å². The number of nitrogens with two attached hydrogens (primary N) is 1. The Kier molecular flexibility index (Phi) is 4.74. The maximum Gasteiger partial charge on any atom is 0.143 e. The monoisotopic (exact) mass is 273 g/mol. The number of thioether (sulfide) groups is 1. The quantitative estimate of drug-likeness (QED) is 0.652. The molecule has 2 N–H and O–H groups in total. The van der Waals surface area contributed by atoms with Crippen molar-refractivity contribution in [2.75, 3.05) is 12.3 Å². The van der Waals surface area contributed by atoms with Gasteiger partial charge in [0.05, 0.1) is 12.3 Å². The molecule has 100 valence electrons. The second-order valence-electron chi connectivity index (χ2n) is 4.32. The molecule has 0 bridgehead atoms. The van der Waals surface area contributed by atoms with Gasteiger partial charge in [0.2, 0.25) is 0 Å². The number of ether oxygens (including phenoxy) is 1. The minimum atomic E-state index is 0.635. The largest absolute Gasteiger partial charge is 0.492 e. The highest BCUT2D eigenvalue weighted by Crippen LogP contribution is 2.34. The van der Waals surface area contributed by atoms with Crippen molar-refractivity contribution in [3.63, 3.8) is 0 Å². The SMILES string of the molecule is CCOc1cccc(SCc2ccccc2C)c1N. The highest BCUT2D eigenvalue weighted by atomic mass is 32.2. The van der Waals surface area contributed by atoms with Crippen molar-refractivity contribution in [1.82, 2.24) is 0 Å². The van der Waals surface area contributed by atoms with Gasteiger partial charge < -0.3 is 10.5 Å². The van der Waals surface area contributed by atoms with E-state index in [9.17, 15) is 0 Å². The third-order valence-corrected chi connectivity index (χ3v) is 4.09. The average Bonchev–Trinajstić information content (AvgIpc) is 2.42. The molecule has 2 rings (SSSR count). The van der Waals surface area contributed by atoms with E-state index in [2.05, 4.69) is 31.2 Å². The molecule has 0 saturated heterocycles. The molecule has 2 aromatic carbocycles. The summed E-state index contributed by atoms with van der Waals surface area (Å²) in [5, 5.41) is 0. The molecule has 2 aromatic rings. The van der Waals surface area contributed by atoms with Crippen LogP contribution in [0, 0.1) is 6.92 Å². The zero-order valence-corrected chi connectivity index (χ0v) is 12.2. The molecule has 0 radical (unpaired) electrons. The van der Waals surface area contributed by atoms with Crippen LogP contribution < -0.4 is 10.5 Å². The molecule has 0 atom stereocenters. The minimum absolute atomic E-state index is 0.635. The van der Waals surface area contributed by atoms with E-state index >= 15 is 0 Å². The van der Waals surface area contributed by atoms with Gasteiger partial charge >= 0.3 is 0 Å². The van der Waals surface area contributed by atoms with Crippen molar-refractivity contribution in [2.24, 2.45) is 0 Å². The Morgan fingerprint density at radius 3 is 2.63 bits per heavy atom. The Bertz CT molecular complexity index is 554. The van der Waals surface area contributed by atoms with E-state index in [4.69, 9.17) is 10.5 Å². The van der Waals surface area contributed by atoms with Gasteiger partial charge in [0.1, 0.15) is 5.75 Å². The lowest BCUT2D eigenvalue weighted by Gasteiger charge is -2.11. The predicted octanol–water partition coefficient (Wildman–Crippen LogP) is 4.27. The number of nitrogen functional groups attached to an aromatic ring is 1. The smallest absolute Gasteiger partial charge is 0.143 e. The van der Waals surface area contributed by atoms with Gasteiger partial charge in [-0.3, -0.25) is 0 Å². The summed E-state index contributed by atoms with van der Waals surface area (Å²) in [6, 6.07) is 14.4. The van der Waals surface area contributed by atoms with Crippen molar-refractivity contribution >= 4 is 17.4 Å². The number of aryl methyl sites for hydroxylation is 1. The summed E-state index contributed by atoms with van der Waals surface area (Å²) >= 11 is 1.75. The lowest BCUT2D eigenvalue weighted by molar-refractivity contribution is 0.341. The van der Waals surface area contributed by atoms with Gasteiger partial charge in [-0.2, -0.15) is 0 Å². The lowest BCUT2D eigenvalue weighted by Crippen LogP contribution is -1.98. The van der Waals surface area contributed by atoms with Crippen molar-refractivity contribution in [3.8, 4) is 5.75 Å². The summed E-state index contributed by atoms with van der Waals surface area (Å²) < 4.78 is 5.51. The standard InChI is InChI=1S/C16H19NOS/c1-3-18-14-9-6-10-15(16(14)17)19-11-13-8-5-4-7-12(13)2/h4-10H,3,11,17H2,1-2H3. The normalized spacial score (nSPS) is 10.4. The molecule has 0 aromatic heterocycles. The van der Waals surface area contributed by atoms with Crippen LogP contribution in [0.5, 0.6) is 5.75 Å². The molecule has 0 unspecified atom stereocenters. The Morgan fingerprint density at radius 1 is 1.11 bits per heavy atom. The van der Waals surface area contributed by atoms with Gasteiger partial charge in [0.25, 0.3) is 0 Å². The van der Waals surface area contributed by atoms with Crippen LogP contribution in [0.15, 0.2) is 47.4 Å². The first kappa shape index (κ1) is 13.8. The van der Waals surface area contributed by atoms with Crippen molar-refractivity contribution < 1.29 is 4.74 Å². The van der Waals surface area contributed by atoms with Crippen LogP contribution in [-0.2, 0) is 5.75 Å². The van der Waals surface area contributed by atoms with Crippen LogP contribution in [0.25, 0.3) is 0 Å². The molecule has 0 saturated carbocycles. The Labute approximate surface area is 119 Å². The molecule has 3 heteroatoms. The van der Waals surface area contributed by atoms with Crippen LogP contribution in [0.2, 0.25) is 0 Å². The van der Waals surface area contributed by atoms with E-state index < -0.39 is 0 Å². The highest BCUT2D eigenvalue weighted by molar-refractivity contribution is 7.98. The van der Waals surface area contributed by atoms with Gasteiger partial charge in [0, 0.05) is 10.6 Å². The summed E-state index contributed by atoms with van der Waals surface area (Å²) in [6.45, 7) is 4.73. The number of para-hydroxylation sites is 1. The zero-order valence-electron chi connectivity index (χ0n) is 11.3. The molecule has 0 aliphatic heterocycles. The summed E-state index contributed by atoms with van der Waals surface area (Å²) in [5.74, 6) is 1.70. The van der Waals surface area contributed by atoms with Gasteiger partial charge in [-0.25, -0.2) is 0 Å². The number of rotatable bonds is 5. The van der Waals surface area contributed by atoms with E-state index in [0.717, 1.165) is 22.1 Å². The van der Waals surface area contributed by atoms with Gasteiger partial charge in [0.15, 0.2) is 0 Å². The molecule has 0 spiro atoms. The maximum absolute atomic E-state index is 6.13. The molecular formula is C16H19NOS. The van der Waals surface area contributed by atoms with Crippen LogP contribution in [-0.4, -0.2) is 6.61 Å². The zero-order chi connectivity index (χ0) is 13.7.